The molecule has 1 unspecified atom stereocenters. The molecule has 1 atom stereocenters. The number of aliphatic hydroxyl groups excluding tert-OH is 1. The molecule has 3 aromatic carbocycles. The van der Waals surface area contributed by atoms with Crippen LogP contribution >= 0.6 is 0 Å². The highest BCUT2D eigenvalue weighted by molar-refractivity contribution is 7.86. The van der Waals surface area contributed by atoms with Crippen molar-refractivity contribution in [1.82, 2.24) is 15.0 Å². The predicted molar refractivity (Wildman–Crippen MR) is 152 cm³/mol. The SMILES string of the molecule is CC(O)CNc1nc(Nc2ccccc2)nc(C(=C(N)c2ccccc2S(=O)(=O)O)c2ccccc2S(=O)(=O)O)n1. The van der Waals surface area contributed by atoms with Crippen molar-refractivity contribution in [2.24, 2.45) is 5.73 Å². The van der Waals surface area contributed by atoms with E-state index in [1.54, 1.807) is 30.3 Å². The van der Waals surface area contributed by atoms with E-state index in [1.807, 2.05) is 0 Å². The number of nitrogens with one attached hydrogen (secondary N) is 2. The van der Waals surface area contributed by atoms with Gasteiger partial charge in [0.2, 0.25) is 11.9 Å². The molecule has 41 heavy (non-hydrogen) atoms. The van der Waals surface area contributed by atoms with Crippen molar-refractivity contribution in [2.75, 3.05) is 17.2 Å². The standard InChI is InChI=1S/C26H26N6O7S2/c1-16(33)15-28-25-30-24(31-26(32-25)29-17-9-3-2-4-10-17)22(18-11-5-7-13-20(18)40(34,35)36)23(27)19-12-6-8-14-21(19)41(37,38)39/h2-14,16,33H,15,27H2,1H3,(H,34,35,36)(H,37,38,39)(H2,28,29,30,31,32). The number of hydrogen-bond donors (Lipinski definition) is 6. The van der Waals surface area contributed by atoms with Crippen LogP contribution in [0.25, 0.3) is 11.3 Å². The Morgan fingerprint density at radius 1 is 0.780 bits per heavy atom. The van der Waals surface area contributed by atoms with Crippen LogP contribution in [0.4, 0.5) is 17.6 Å². The molecule has 1 heterocycles. The zero-order chi connectivity index (χ0) is 29.8. The Kier molecular flexibility index (Phi) is 8.65. The van der Waals surface area contributed by atoms with Crippen LogP contribution in [0.15, 0.2) is 88.7 Å². The van der Waals surface area contributed by atoms with Crippen LogP contribution in [0, 0.1) is 0 Å². The molecule has 0 spiro atoms. The monoisotopic (exact) mass is 598 g/mol. The van der Waals surface area contributed by atoms with Gasteiger partial charge >= 0.3 is 0 Å². The zero-order valence-electron chi connectivity index (χ0n) is 21.5. The van der Waals surface area contributed by atoms with Gasteiger partial charge in [-0.25, -0.2) is 0 Å². The Balaban J connectivity index is 2.07. The summed E-state index contributed by atoms with van der Waals surface area (Å²) in [5.41, 5.74) is 6.29. The lowest BCUT2D eigenvalue weighted by Crippen LogP contribution is -2.19. The van der Waals surface area contributed by atoms with Crippen molar-refractivity contribution < 1.29 is 31.0 Å². The molecule has 0 saturated heterocycles. The second kappa shape index (κ2) is 12.0. The van der Waals surface area contributed by atoms with Gasteiger partial charge in [0, 0.05) is 23.4 Å². The number of anilines is 3. The number of nitrogens with zero attached hydrogens (tertiary/aromatic N) is 3. The van der Waals surface area contributed by atoms with Crippen molar-refractivity contribution >= 4 is 49.1 Å². The van der Waals surface area contributed by atoms with Gasteiger partial charge in [-0.2, -0.15) is 31.8 Å². The first-order valence-electron chi connectivity index (χ1n) is 12.0. The first-order valence-corrected chi connectivity index (χ1v) is 14.9. The summed E-state index contributed by atoms with van der Waals surface area (Å²) in [6, 6.07) is 19.4. The van der Waals surface area contributed by atoms with Crippen LogP contribution in [-0.2, 0) is 20.2 Å². The van der Waals surface area contributed by atoms with Gasteiger partial charge in [0.15, 0.2) is 5.82 Å². The third-order valence-corrected chi connectivity index (χ3v) is 7.43. The van der Waals surface area contributed by atoms with E-state index in [2.05, 4.69) is 25.6 Å². The summed E-state index contributed by atoms with van der Waals surface area (Å²) < 4.78 is 69.0. The molecule has 7 N–H and O–H groups in total. The summed E-state index contributed by atoms with van der Waals surface area (Å²) in [5.74, 6) is -0.260. The number of rotatable bonds is 10. The average molecular weight is 599 g/mol. The third-order valence-electron chi connectivity index (χ3n) is 5.60. The summed E-state index contributed by atoms with van der Waals surface area (Å²) >= 11 is 0. The highest BCUT2D eigenvalue weighted by atomic mass is 32.2. The van der Waals surface area contributed by atoms with Gasteiger partial charge in [-0.1, -0.05) is 54.6 Å². The maximum Gasteiger partial charge on any atom is 0.295 e. The number of hydrogen-bond acceptors (Lipinski definition) is 11. The van der Waals surface area contributed by atoms with E-state index < -0.39 is 36.1 Å². The van der Waals surface area contributed by atoms with Gasteiger partial charge in [0.1, 0.15) is 9.79 Å². The molecule has 0 aliphatic heterocycles. The van der Waals surface area contributed by atoms with Crippen LogP contribution in [0.3, 0.4) is 0 Å². The molecule has 0 saturated carbocycles. The van der Waals surface area contributed by atoms with Gasteiger partial charge in [-0.15, -0.1) is 0 Å². The smallest absolute Gasteiger partial charge is 0.295 e. The van der Waals surface area contributed by atoms with Crippen LogP contribution in [0.2, 0.25) is 0 Å². The summed E-state index contributed by atoms with van der Waals surface area (Å²) in [6.45, 7) is 1.58. The van der Waals surface area contributed by atoms with Gasteiger partial charge in [0.25, 0.3) is 20.2 Å². The Morgan fingerprint density at radius 2 is 1.29 bits per heavy atom. The van der Waals surface area contributed by atoms with Gasteiger partial charge in [0.05, 0.1) is 17.4 Å². The molecule has 0 radical (unpaired) electrons. The minimum atomic E-state index is -4.82. The molecule has 4 aromatic rings. The normalized spacial score (nSPS) is 13.3. The van der Waals surface area contributed by atoms with Crippen LogP contribution in [0.5, 0.6) is 0 Å². The molecule has 0 bridgehead atoms. The minimum Gasteiger partial charge on any atom is -0.398 e. The Bertz CT molecular complexity index is 1810. The fourth-order valence-electron chi connectivity index (χ4n) is 3.85. The van der Waals surface area contributed by atoms with E-state index in [-0.39, 0.29) is 46.7 Å². The van der Waals surface area contributed by atoms with E-state index >= 15 is 0 Å². The first-order chi connectivity index (χ1) is 19.3. The lowest BCUT2D eigenvalue weighted by molar-refractivity contribution is 0.208. The summed E-state index contributed by atoms with van der Waals surface area (Å²) in [7, 11) is -9.60. The maximum absolute atomic E-state index is 12.4. The van der Waals surface area contributed by atoms with Crippen LogP contribution < -0.4 is 16.4 Å². The first kappa shape index (κ1) is 29.6. The highest BCUT2D eigenvalue weighted by Crippen LogP contribution is 2.34. The van der Waals surface area contributed by atoms with E-state index in [9.17, 15) is 31.0 Å². The van der Waals surface area contributed by atoms with E-state index in [4.69, 9.17) is 5.73 Å². The van der Waals surface area contributed by atoms with Crippen molar-refractivity contribution in [2.45, 2.75) is 22.8 Å². The maximum atomic E-state index is 12.4. The predicted octanol–water partition coefficient (Wildman–Crippen LogP) is 2.78. The number of aromatic nitrogens is 3. The molecule has 4 rings (SSSR count). The van der Waals surface area contributed by atoms with Crippen LogP contribution in [-0.4, -0.2) is 58.6 Å². The summed E-state index contributed by atoms with van der Waals surface area (Å²) in [6.07, 6.45) is -0.789. The van der Waals surface area contributed by atoms with Gasteiger partial charge in [-0.05, 0) is 31.2 Å². The Hall–Kier alpha value is -4.41. The van der Waals surface area contributed by atoms with Crippen molar-refractivity contribution in [3.05, 3.63) is 95.8 Å². The summed E-state index contributed by atoms with van der Waals surface area (Å²) in [4.78, 5) is 12.0. The molecule has 0 amide bonds. The average Bonchev–Trinajstić information content (AvgIpc) is 2.92. The third kappa shape index (κ3) is 7.22. The fourth-order valence-corrected chi connectivity index (χ4v) is 5.25. The second-order valence-electron chi connectivity index (χ2n) is 8.76. The molecule has 15 heteroatoms. The molecule has 0 aliphatic carbocycles. The second-order valence-corrected chi connectivity index (χ2v) is 11.5. The highest BCUT2D eigenvalue weighted by Gasteiger charge is 2.26. The number of aliphatic hydroxyl groups is 1. The quantitative estimate of drug-likeness (QED) is 0.114. The lowest BCUT2D eigenvalue weighted by Gasteiger charge is -2.18. The molecule has 1 aromatic heterocycles. The lowest BCUT2D eigenvalue weighted by atomic mass is 9.99. The Labute approximate surface area is 236 Å². The molecular formula is C26H26N6O7S2. The molecule has 13 nitrogen and oxygen atoms in total. The largest absolute Gasteiger partial charge is 0.398 e. The Morgan fingerprint density at radius 3 is 1.88 bits per heavy atom. The zero-order valence-corrected chi connectivity index (χ0v) is 23.1. The van der Waals surface area contributed by atoms with Crippen molar-refractivity contribution in [3.63, 3.8) is 0 Å². The van der Waals surface area contributed by atoms with E-state index in [1.165, 1.54) is 43.3 Å². The molecule has 214 valence electrons. The number of nitrogens with two attached hydrogens (primary N) is 1. The van der Waals surface area contributed by atoms with E-state index in [0.29, 0.717) is 5.69 Å². The molecule has 0 fully saturated rings. The number of para-hydroxylation sites is 1. The van der Waals surface area contributed by atoms with Gasteiger partial charge in [-0.3, -0.25) is 9.11 Å². The fraction of sp³-hybridized carbons (Fsp3) is 0.115. The van der Waals surface area contributed by atoms with Gasteiger partial charge < -0.3 is 21.5 Å². The molecular weight excluding hydrogens is 572 g/mol. The topological polar surface area (TPSA) is 218 Å². The van der Waals surface area contributed by atoms with Crippen molar-refractivity contribution in [1.29, 1.82) is 0 Å². The van der Waals surface area contributed by atoms with E-state index in [0.717, 1.165) is 12.1 Å². The minimum absolute atomic E-state index is 0.00741. The van der Waals surface area contributed by atoms with Crippen LogP contribution in [0.1, 0.15) is 23.9 Å². The van der Waals surface area contributed by atoms with Crippen molar-refractivity contribution in [3.8, 4) is 0 Å². The molecule has 0 aliphatic rings. The number of benzene rings is 3. The summed E-state index contributed by atoms with van der Waals surface area (Å²) in [5, 5.41) is 15.7.